The number of allylic oxidation sites excluding steroid dienone is 3. The Hall–Kier alpha value is -0.520. The first-order valence-electron chi connectivity index (χ1n) is 4.52. The molecule has 64 valence electrons. The van der Waals surface area contributed by atoms with Crippen LogP contribution in [0.4, 0.5) is 0 Å². The van der Waals surface area contributed by atoms with Crippen molar-refractivity contribution in [3.8, 4) is 0 Å². The third-order valence-corrected chi connectivity index (χ3v) is 2.01. The molecule has 0 saturated carbocycles. The molecule has 1 unspecified atom stereocenters. The molecule has 0 heteroatoms. The fourth-order valence-corrected chi connectivity index (χ4v) is 1.14. The standard InChI is InChI=1S/C11H20/c1-5-7-8-9-11(6-2)10(3)4/h7-8,11H,3,5-6,9H2,1-2,4H3. The van der Waals surface area contributed by atoms with Crippen LogP contribution in [0.2, 0.25) is 0 Å². The Morgan fingerprint density at radius 1 is 1.36 bits per heavy atom. The van der Waals surface area contributed by atoms with Gasteiger partial charge in [-0.05, 0) is 32.1 Å². The summed E-state index contributed by atoms with van der Waals surface area (Å²) in [7, 11) is 0. The van der Waals surface area contributed by atoms with Gasteiger partial charge in [-0.25, -0.2) is 0 Å². The topological polar surface area (TPSA) is 0 Å². The zero-order valence-electron chi connectivity index (χ0n) is 8.06. The Morgan fingerprint density at radius 2 is 2.00 bits per heavy atom. The van der Waals surface area contributed by atoms with E-state index in [1.54, 1.807) is 0 Å². The van der Waals surface area contributed by atoms with Crippen LogP contribution >= 0.6 is 0 Å². The summed E-state index contributed by atoms with van der Waals surface area (Å²) in [6, 6.07) is 0. The molecule has 0 aliphatic heterocycles. The molecule has 0 aliphatic rings. The van der Waals surface area contributed by atoms with Crippen molar-refractivity contribution >= 4 is 0 Å². The lowest BCUT2D eigenvalue weighted by Crippen LogP contribution is -1.96. The van der Waals surface area contributed by atoms with E-state index in [4.69, 9.17) is 0 Å². The molecule has 0 rings (SSSR count). The molecule has 11 heavy (non-hydrogen) atoms. The van der Waals surface area contributed by atoms with E-state index in [0.717, 1.165) is 6.42 Å². The normalized spacial score (nSPS) is 13.7. The van der Waals surface area contributed by atoms with Crippen LogP contribution in [0.15, 0.2) is 24.3 Å². The van der Waals surface area contributed by atoms with Gasteiger partial charge in [0.05, 0.1) is 0 Å². The van der Waals surface area contributed by atoms with Gasteiger partial charge in [-0.2, -0.15) is 0 Å². The molecule has 0 amide bonds. The fraction of sp³-hybridized carbons (Fsp3) is 0.636. The molecule has 0 bridgehead atoms. The summed E-state index contributed by atoms with van der Waals surface area (Å²) < 4.78 is 0. The summed E-state index contributed by atoms with van der Waals surface area (Å²) in [6.45, 7) is 10.5. The van der Waals surface area contributed by atoms with Crippen LogP contribution in [0.3, 0.4) is 0 Å². The predicted octanol–water partition coefficient (Wildman–Crippen LogP) is 3.95. The maximum atomic E-state index is 3.97. The van der Waals surface area contributed by atoms with Gasteiger partial charge in [-0.3, -0.25) is 0 Å². The predicted molar refractivity (Wildman–Crippen MR) is 52.6 cm³/mol. The minimum atomic E-state index is 0.692. The lowest BCUT2D eigenvalue weighted by atomic mass is 9.95. The number of hydrogen-bond acceptors (Lipinski definition) is 0. The van der Waals surface area contributed by atoms with Gasteiger partial charge in [0.15, 0.2) is 0 Å². The van der Waals surface area contributed by atoms with Crippen molar-refractivity contribution in [1.82, 2.24) is 0 Å². The van der Waals surface area contributed by atoms with Gasteiger partial charge < -0.3 is 0 Å². The van der Waals surface area contributed by atoms with Crippen molar-refractivity contribution in [2.24, 2.45) is 5.92 Å². The van der Waals surface area contributed by atoms with Crippen LogP contribution in [-0.2, 0) is 0 Å². The van der Waals surface area contributed by atoms with E-state index in [1.807, 2.05) is 0 Å². The summed E-state index contributed by atoms with van der Waals surface area (Å²) in [5.74, 6) is 0.692. The van der Waals surface area contributed by atoms with Crippen LogP contribution in [0, 0.1) is 5.92 Å². The second-order valence-corrected chi connectivity index (χ2v) is 3.07. The van der Waals surface area contributed by atoms with Crippen molar-refractivity contribution < 1.29 is 0 Å². The van der Waals surface area contributed by atoms with Crippen molar-refractivity contribution in [3.63, 3.8) is 0 Å². The highest BCUT2D eigenvalue weighted by atomic mass is 14.1. The molecule has 0 saturated heterocycles. The molecular formula is C11H20. The zero-order chi connectivity index (χ0) is 8.69. The highest BCUT2D eigenvalue weighted by molar-refractivity contribution is 4.99. The van der Waals surface area contributed by atoms with E-state index >= 15 is 0 Å². The number of hydrogen-bond donors (Lipinski definition) is 0. The zero-order valence-corrected chi connectivity index (χ0v) is 8.06. The molecule has 0 heterocycles. The molecule has 0 aromatic carbocycles. The average Bonchev–Trinajstić information content (AvgIpc) is 1.97. The Labute approximate surface area is 71.0 Å². The summed E-state index contributed by atoms with van der Waals surface area (Å²) in [5.41, 5.74) is 1.31. The molecule has 1 atom stereocenters. The van der Waals surface area contributed by atoms with Gasteiger partial charge in [0.25, 0.3) is 0 Å². The Kier molecular flexibility index (Phi) is 5.91. The summed E-state index contributed by atoms with van der Waals surface area (Å²) in [6.07, 6.45) is 8.02. The largest absolute Gasteiger partial charge is 0.0998 e. The van der Waals surface area contributed by atoms with Crippen LogP contribution in [0.1, 0.15) is 40.0 Å². The molecule has 0 N–H and O–H groups in total. The SMILES string of the molecule is C=C(C)C(CC)CC=CCC. The quantitative estimate of drug-likeness (QED) is 0.523. The highest BCUT2D eigenvalue weighted by Gasteiger charge is 2.02. The van der Waals surface area contributed by atoms with E-state index in [9.17, 15) is 0 Å². The molecule has 0 aromatic heterocycles. The van der Waals surface area contributed by atoms with Gasteiger partial charge in [-0.15, -0.1) is 0 Å². The second kappa shape index (κ2) is 6.21. The third-order valence-electron chi connectivity index (χ3n) is 2.01. The first-order valence-corrected chi connectivity index (χ1v) is 4.52. The Morgan fingerprint density at radius 3 is 2.36 bits per heavy atom. The van der Waals surface area contributed by atoms with Crippen molar-refractivity contribution in [2.75, 3.05) is 0 Å². The Bertz CT molecular complexity index is 131. The van der Waals surface area contributed by atoms with E-state index in [-0.39, 0.29) is 0 Å². The van der Waals surface area contributed by atoms with Gasteiger partial charge in [-0.1, -0.05) is 38.2 Å². The summed E-state index contributed by atoms with van der Waals surface area (Å²) in [4.78, 5) is 0. The molecule has 0 nitrogen and oxygen atoms in total. The minimum absolute atomic E-state index is 0.692. The molecule has 0 radical (unpaired) electrons. The molecule has 0 aliphatic carbocycles. The molecular weight excluding hydrogens is 132 g/mol. The molecule has 0 spiro atoms. The average molecular weight is 152 g/mol. The smallest absolute Gasteiger partial charge is 0.0177 e. The summed E-state index contributed by atoms with van der Waals surface area (Å²) in [5, 5.41) is 0. The summed E-state index contributed by atoms with van der Waals surface area (Å²) >= 11 is 0. The lowest BCUT2D eigenvalue weighted by Gasteiger charge is -2.11. The second-order valence-electron chi connectivity index (χ2n) is 3.07. The fourth-order valence-electron chi connectivity index (χ4n) is 1.14. The lowest BCUT2D eigenvalue weighted by molar-refractivity contribution is 0.602. The van der Waals surface area contributed by atoms with Gasteiger partial charge in [0, 0.05) is 0 Å². The van der Waals surface area contributed by atoms with Crippen molar-refractivity contribution in [2.45, 2.75) is 40.0 Å². The van der Waals surface area contributed by atoms with Crippen LogP contribution < -0.4 is 0 Å². The van der Waals surface area contributed by atoms with Crippen LogP contribution in [0.25, 0.3) is 0 Å². The van der Waals surface area contributed by atoms with E-state index in [2.05, 4.69) is 39.5 Å². The Balaban J connectivity index is 3.69. The van der Waals surface area contributed by atoms with Gasteiger partial charge in [0.1, 0.15) is 0 Å². The van der Waals surface area contributed by atoms with Crippen LogP contribution in [0.5, 0.6) is 0 Å². The van der Waals surface area contributed by atoms with E-state index in [1.165, 1.54) is 18.4 Å². The van der Waals surface area contributed by atoms with Crippen molar-refractivity contribution in [3.05, 3.63) is 24.3 Å². The van der Waals surface area contributed by atoms with E-state index in [0.29, 0.717) is 5.92 Å². The van der Waals surface area contributed by atoms with Crippen molar-refractivity contribution in [1.29, 1.82) is 0 Å². The number of rotatable bonds is 5. The monoisotopic (exact) mass is 152 g/mol. The minimum Gasteiger partial charge on any atom is -0.0998 e. The maximum Gasteiger partial charge on any atom is -0.0177 e. The molecule has 0 aromatic rings. The maximum absolute atomic E-state index is 3.97. The van der Waals surface area contributed by atoms with Gasteiger partial charge >= 0.3 is 0 Å². The van der Waals surface area contributed by atoms with Crippen LogP contribution in [-0.4, -0.2) is 0 Å². The highest BCUT2D eigenvalue weighted by Crippen LogP contribution is 2.17. The van der Waals surface area contributed by atoms with Gasteiger partial charge in [0.2, 0.25) is 0 Å². The first kappa shape index (κ1) is 10.5. The first-order chi connectivity index (χ1) is 5.22. The van der Waals surface area contributed by atoms with E-state index < -0.39 is 0 Å². The molecule has 0 fully saturated rings. The third kappa shape index (κ3) is 4.83.